The molecular formula is C24H25F3N2O4. The van der Waals surface area contributed by atoms with Gasteiger partial charge >= 0.3 is 5.97 Å². The number of aromatic nitrogens is 1. The molecule has 0 aliphatic carbocycles. The summed E-state index contributed by atoms with van der Waals surface area (Å²) in [6.45, 7) is 6.75. The van der Waals surface area contributed by atoms with Crippen LogP contribution < -0.4 is 10.7 Å². The van der Waals surface area contributed by atoms with Crippen LogP contribution in [0.1, 0.15) is 48.3 Å². The second-order valence-corrected chi connectivity index (χ2v) is 9.03. The fourth-order valence-electron chi connectivity index (χ4n) is 3.80. The SMILES string of the molecule is Cc1cc2c(cc1NCc1c(F)cc(F)cc1F)c(=O)c(C(=O)O)cn2C(CO)C(C)(C)C. The van der Waals surface area contributed by atoms with Crippen molar-refractivity contribution in [3.8, 4) is 0 Å². The van der Waals surface area contributed by atoms with Crippen LogP contribution in [0.5, 0.6) is 0 Å². The Labute approximate surface area is 188 Å². The molecule has 0 bridgehead atoms. The van der Waals surface area contributed by atoms with Crippen LogP contribution in [0.25, 0.3) is 10.9 Å². The van der Waals surface area contributed by atoms with Gasteiger partial charge in [-0.25, -0.2) is 18.0 Å². The maximum absolute atomic E-state index is 14.0. The van der Waals surface area contributed by atoms with Gasteiger partial charge in [0.1, 0.15) is 23.0 Å². The zero-order chi connectivity index (χ0) is 24.7. The number of halogens is 3. The number of pyridine rings is 1. The molecule has 0 aliphatic rings. The number of nitrogens with one attached hydrogen (secondary N) is 1. The molecule has 3 rings (SSSR count). The highest BCUT2D eigenvalue weighted by Gasteiger charge is 2.28. The number of benzene rings is 2. The van der Waals surface area contributed by atoms with Gasteiger partial charge in [-0.05, 0) is 30.0 Å². The quantitative estimate of drug-likeness (QED) is 0.497. The van der Waals surface area contributed by atoms with Crippen LogP contribution in [0.3, 0.4) is 0 Å². The highest BCUT2D eigenvalue weighted by molar-refractivity contribution is 5.94. The maximum Gasteiger partial charge on any atom is 0.341 e. The number of hydrogen-bond acceptors (Lipinski definition) is 4. The molecule has 0 fully saturated rings. The number of carboxylic acid groups (broad SMARTS) is 1. The van der Waals surface area contributed by atoms with Crippen molar-refractivity contribution >= 4 is 22.6 Å². The Kier molecular flexibility index (Phi) is 6.56. The van der Waals surface area contributed by atoms with E-state index in [-0.39, 0.29) is 24.1 Å². The molecule has 9 heteroatoms. The van der Waals surface area contributed by atoms with E-state index < -0.39 is 45.9 Å². The van der Waals surface area contributed by atoms with Gasteiger partial charge in [-0.3, -0.25) is 4.79 Å². The lowest BCUT2D eigenvalue weighted by atomic mass is 9.86. The molecule has 1 heterocycles. The summed E-state index contributed by atoms with van der Waals surface area (Å²) >= 11 is 0. The Morgan fingerprint density at radius 3 is 2.24 bits per heavy atom. The largest absolute Gasteiger partial charge is 0.477 e. The zero-order valence-electron chi connectivity index (χ0n) is 18.7. The van der Waals surface area contributed by atoms with Crippen LogP contribution in [-0.4, -0.2) is 27.4 Å². The van der Waals surface area contributed by atoms with Crippen LogP contribution in [-0.2, 0) is 6.54 Å². The third-order valence-corrected chi connectivity index (χ3v) is 5.68. The normalized spacial score (nSPS) is 12.7. The Balaban J connectivity index is 2.17. The molecule has 3 N–H and O–H groups in total. The lowest BCUT2D eigenvalue weighted by Gasteiger charge is -2.33. The van der Waals surface area contributed by atoms with Gasteiger partial charge in [0.25, 0.3) is 0 Å². The number of aliphatic hydroxyl groups excluding tert-OH is 1. The lowest BCUT2D eigenvalue weighted by molar-refractivity contribution is 0.0692. The summed E-state index contributed by atoms with van der Waals surface area (Å²) in [4.78, 5) is 24.7. The predicted octanol–water partition coefficient (Wildman–Crippen LogP) is 4.62. The molecule has 1 atom stereocenters. The highest BCUT2D eigenvalue weighted by atomic mass is 19.1. The molecule has 0 saturated heterocycles. The average Bonchev–Trinajstić information content (AvgIpc) is 2.68. The van der Waals surface area contributed by atoms with Crippen LogP contribution >= 0.6 is 0 Å². The molecule has 176 valence electrons. The van der Waals surface area contributed by atoms with Crippen molar-refractivity contribution in [1.29, 1.82) is 0 Å². The van der Waals surface area contributed by atoms with E-state index in [1.165, 1.54) is 12.3 Å². The summed E-state index contributed by atoms with van der Waals surface area (Å²) < 4.78 is 42.8. The Bertz CT molecular complexity index is 1270. The molecule has 6 nitrogen and oxygen atoms in total. The maximum atomic E-state index is 14.0. The molecule has 33 heavy (non-hydrogen) atoms. The lowest BCUT2D eigenvalue weighted by Crippen LogP contribution is -2.30. The number of carbonyl (C=O) groups is 1. The van der Waals surface area contributed by atoms with Crippen molar-refractivity contribution < 1.29 is 28.2 Å². The summed E-state index contributed by atoms with van der Waals surface area (Å²) in [5.41, 5.74) is -0.631. The van der Waals surface area contributed by atoms with E-state index in [4.69, 9.17) is 0 Å². The minimum atomic E-state index is -1.41. The first-order chi connectivity index (χ1) is 15.3. The van der Waals surface area contributed by atoms with Gasteiger partial charge in [0.05, 0.1) is 18.2 Å². The number of anilines is 1. The third kappa shape index (κ3) is 4.73. The van der Waals surface area contributed by atoms with Crippen LogP contribution in [0.4, 0.5) is 18.9 Å². The smallest absolute Gasteiger partial charge is 0.341 e. The second kappa shape index (κ2) is 8.90. The number of aliphatic hydroxyl groups is 1. The third-order valence-electron chi connectivity index (χ3n) is 5.68. The van der Waals surface area contributed by atoms with Gasteiger partial charge in [0, 0.05) is 41.5 Å². The predicted molar refractivity (Wildman–Crippen MR) is 119 cm³/mol. The number of fused-ring (bicyclic) bond motifs is 1. The number of rotatable bonds is 6. The summed E-state index contributed by atoms with van der Waals surface area (Å²) in [5, 5.41) is 22.5. The molecule has 1 aromatic heterocycles. The van der Waals surface area contributed by atoms with Crippen molar-refractivity contribution in [3.05, 3.63) is 74.8 Å². The van der Waals surface area contributed by atoms with Crippen molar-refractivity contribution in [1.82, 2.24) is 4.57 Å². The van der Waals surface area contributed by atoms with E-state index in [9.17, 15) is 33.0 Å². The molecule has 1 unspecified atom stereocenters. The summed E-state index contributed by atoms with van der Waals surface area (Å²) in [6, 6.07) is 3.70. The number of aromatic carboxylic acids is 1. The fourth-order valence-corrected chi connectivity index (χ4v) is 3.80. The van der Waals surface area contributed by atoms with E-state index in [1.807, 2.05) is 20.8 Å². The average molecular weight is 462 g/mol. The first-order valence-electron chi connectivity index (χ1n) is 10.3. The number of hydrogen-bond donors (Lipinski definition) is 3. The second-order valence-electron chi connectivity index (χ2n) is 9.03. The van der Waals surface area contributed by atoms with Crippen LogP contribution in [0.2, 0.25) is 0 Å². The van der Waals surface area contributed by atoms with Crippen molar-refractivity contribution in [2.45, 2.75) is 40.3 Å². The Morgan fingerprint density at radius 2 is 1.73 bits per heavy atom. The number of aryl methyl sites for hydroxylation is 1. The zero-order valence-corrected chi connectivity index (χ0v) is 18.7. The molecule has 0 amide bonds. The van der Waals surface area contributed by atoms with Gasteiger partial charge in [-0.2, -0.15) is 0 Å². The van der Waals surface area contributed by atoms with Gasteiger partial charge in [-0.15, -0.1) is 0 Å². The Hall–Kier alpha value is -3.33. The van der Waals surface area contributed by atoms with Gasteiger partial charge in [-0.1, -0.05) is 20.8 Å². The molecule has 0 saturated carbocycles. The summed E-state index contributed by atoms with van der Waals surface area (Å²) in [6.07, 6.45) is 1.23. The topological polar surface area (TPSA) is 91.6 Å². The van der Waals surface area contributed by atoms with Crippen LogP contribution in [0, 0.1) is 29.8 Å². The van der Waals surface area contributed by atoms with E-state index >= 15 is 0 Å². The van der Waals surface area contributed by atoms with E-state index in [2.05, 4.69) is 5.32 Å². The van der Waals surface area contributed by atoms with Gasteiger partial charge in [0.2, 0.25) is 5.43 Å². The van der Waals surface area contributed by atoms with E-state index in [1.54, 1.807) is 17.6 Å². The molecule has 0 radical (unpaired) electrons. The van der Waals surface area contributed by atoms with Crippen molar-refractivity contribution in [2.75, 3.05) is 11.9 Å². The monoisotopic (exact) mass is 462 g/mol. The standard InChI is InChI=1S/C24H25F3N2O4/c1-12-5-20-14(8-19(12)28-9-15-17(26)6-13(25)7-18(15)27)22(31)16(23(32)33)10-29(20)21(11-30)24(2,3)4/h5-8,10,21,28,30H,9,11H2,1-4H3,(H,32,33). The molecular weight excluding hydrogens is 437 g/mol. The molecule has 2 aromatic carbocycles. The summed E-state index contributed by atoms with van der Waals surface area (Å²) in [5.74, 6) is -4.55. The number of carboxylic acids is 1. The van der Waals surface area contributed by atoms with E-state index in [0.717, 1.165) is 0 Å². The number of nitrogens with zero attached hydrogens (tertiary/aromatic N) is 1. The molecule has 3 aromatic rings. The van der Waals surface area contributed by atoms with Crippen molar-refractivity contribution in [2.24, 2.45) is 5.41 Å². The fraction of sp³-hybridized carbons (Fsp3) is 0.333. The molecule has 0 aliphatic heterocycles. The van der Waals surface area contributed by atoms with Gasteiger partial charge < -0.3 is 20.1 Å². The molecule has 0 spiro atoms. The minimum absolute atomic E-state index is 0.0748. The van der Waals surface area contributed by atoms with Crippen molar-refractivity contribution in [3.63, 3.8) is 0 Å². The highest BCUT2D eigenvalue weighted by Crippen LogP contribution is 2.34. The first-order valence-corrected chi connectivity index (χ1v) is 10.3. The van der Waals surface area contributed by atoms with Gasteiger partial charge in [0.15, 0.2) is 0 Å². The van der Waals surface area contributed by atoms with Crippen LogP contribution in [0.15, 0.2) is 35.3 Å². The Morgan fingerprint density at radius 1 is 1.12 bits per heavy atom. The van der Waals surface area contributed by atoms with E-state index in [0.29, 0.717) is 28.9 Å². The minimum Gasteiger partial charge on any atom is -0.477 e. The first kappa shape index (κ1) is 24.3. The summed E-state index contributed by atoms with van der Waals surface area (Å²) in [7, 11) is 0.